The first kappa shape index (κ1) is 13.7. The molecule has 0 aromatic carbocycles. The minimum atomic E-state index is -0.725. The van der Waals surface area contributed by atoms with Crippen molar-refractivity contribution in [3.05, 3.63) is 0 Å². The number of thioether (sulfide) groups is 1. The van der Waals surface area contributed by atoms with Crippen molar-refractivity contribution in [1.29, 1.82) is 0 Å². The molecule has 0 bridgehead atoms. The number of carbonyl (C=O) groups is 1. The van der Waals surface area contributed by atoms with E-state index >= 15 is 0 Å². The molecule has 0 radical (unpaired) electrons. The first-order valence-electron chi connectivity index (χ1n) is 4.31. The van der Waals surface area contributed by atoms with Gasteiger partial charge in [0.05, 0.1) is 18.1 Å². The first-order valence-corrected chi connectivity index (χ1v) is 5.47. The minimum Gasteiger partial charge on any atom is -0.394 e. The summed E-state index contributed by atoms with van der Waals surface area (Å²) in [6.07, 6.45) is -0.725. The summed E-state index contributed by atoms with van der Waals surface area (Å²) in [6.45, 7) is 3.29. The van der Waals surface area contributed by atoms with Crippen LogP contribution in [0, 0.1) is 5.41 Å². The van der Waals surface area contributed by atoms with E-state index < -0.39 is 11.5 Å². The number of nitrogens with two attached hydrogens (primary N) is 1. The highest BCUT2D eigenvalue weighted by molar-refractivity contribution is 7.99. The van der Waals surface area contributed by atoms with Crippen molar-refractivity contribution < 1.29 is 15.0 Å². The van der Waals surface area contributed by atoms with Gasteiger partial charge in [0.25, 0.3) is 0 Å². The molecule has 0 aliphatic carbocycles. The van der Waals surface area contributed by atoms with Crippen molar-refractivity contribution in [3.63, 3.8) is 0 Å². The molecule has 5 nitrogen and oxygen atoms in total. The van der Waals surface area contributed by atoms with E-state index in [1.807, 2.05) is 0 Å². The molecule has 1 amide bonds. The summed E-state index contributed by atoms with van der Waals surface area (Å²) in [7, 11) is 0. The summed E-state index contributed by atoms with van der Waals surface area (Å²) in [6, 6.07) is 0. The lowest BCUT2D eigenvalue weighted by Crippen LogP contribution is -2.42. The van der Waals surface area contributed by atoms with E-state index in [1.165, 1.54) is 11.8 Å². The summed E-state index contributed by atoms with van der Waals surface area (Å²) >= 11 is 1.41. The van der Waals surface area contributed by atoms with Crippen LogP contribution in [0.15, 0.2) is 0 Å². The van der Waals surface area contributed by atoms with Crippen LogP contribution >= 0.6 is 11.8 Å². The summed E-state index contributed by atoms with van der Waals surface area (Å²) in [5, 5.41) is 17.6. The average Bonchev–Trinajstić information content (AvgIpc) is 2.15. The van der Waals surface area contributed by atoms with Crippen LogP contribution in [0.4, 0.5) is 0 Å². The predicted molar refractivity (Wildman–Crippen MR) is 56.5 cm³/mol. The second-order valence-electron chi connectivity index (χ2n) is 3.71. The fourth-order valence-electron chi connectivity index (χ4n) is 0.764. The molecule has 0 aliphatic rings. The number of hydrogen-bond donors (Lipinski definition) is 4. The molecule has 0 rings (SSSR count). The zero-order chi connectivity index (χ0) is 11.2. The Balaban J connectivity index is 3.82. The summed E-state index contributed by atoms with van der Waals surface area (Å²) in [5.41, 5.74) is 1.53. The standard InChI is InChI=1S/C8H18N2O3S/c1-8(2,7(13)10-9)5-14-4-6(12)3-11/h6,11-12H,3-5,9H2,1-2H3,(H,10,13). The number of hydrogen-bond acceptors (Lipinski definition) is 5. The Hall–Kier alpha value is -0.300. The quantitative estimate of drug-likeness (QED) is 0.265. The molecular formula is C8H18N2O3S. The molecule has 0 heterocycles. The molecule has 0 aromatic rings. The first-order chi connectivity index (χ1) is 6.44. The van der Waals surface area contributed by atoms with Crippen molar-refractivity contribution in [2.75, 3.05) is 18.1 Å². The highest BCUT2D eigenvalue weighted by atomic mass is 32.2. The van der Waals surface area contributed by atoms with E-state index in [0.29, 0.717) is 11.5 Å². The molecule has 0 saturated heterocycles. The Morgan fingerprint density at radius 1 is 1.64 bits per heavy atom. The average molecular weight is 222 g/mol. The highest BCUT2D eigenvalue weighted by Crippen LogP contribution is 2.22. The van der Waals surface area contributed by atoms with Gasteiger partial charge < -0.3 is 10.2 Å². The lowest BCUT2D eigenvalue weighted by molar-refractivity contribution is -0.128. The summed E-state index contributed by atoms with van der Waals surface area (Å²) in [4.78, 5) is 11.2. The summed E-state index contributed by atoms with van der Waals surface area (Å²) < 4.78 is 0. The van der Waals surface area contributed by atoms with Crippen molar-refractivity contribution >= 4 is 17.7 Å². The molecule has 1 atom stereocenters. The highest BCUT2D eigenvalue weighted by Gasteiger charge is 2.26. The van der Waals surface area contributed by atoms with Gasteiger partial charge in [0.15, 0.2) is 0 Å². The lowest BCUT2D eigenvalue weighted by atomic mass is 9.96. The van der Waals surface area contributed by atoms with E-state index in [-0.39, 0.29) is 12.5 Å². The number of nitrogens with one attached hydrogen (secondary N) is 1. The Morgan fingerprint density at radius 3 is 2.64 bits per heavy atom. The number of rotatable bonds is 6. The molecule has 6 heteroatoms. The largest absolute Gasteiger partial charge is 0.394 e. The maximum absolute atomic E-state index is 11.2. The van der Waals surface area contributed by atoms with E-state index in [4.69, 9.17) is 16.1 Å². The second-order valence-corrected chi connectivity index (χ2v) is 4.74. The van der Waals surface area contributed by atoms with Gasteiger partial charge in [-0.25, -0.2) is 5.84 Å². The Morgan fingerprint density at radius 2 is 2.21 bits per heavy atom. The van der Waals surface area contributed by atoms with Gasteiger partial charge in [0.1, 0.15) is 0 Å². The van der Waals surface area contributed by atoms with Gasteiger partial charge >= 0.3 is 0 Å². The Bertz CT molecular complexity index is 187. The maximum atomic E-state index is 11.2. The smallest absolute Gasteiger partial charge is 0.240 e. The van der Waals surface area contributed by atoms with Crippen molar-refractivity contribution in [2.24, 2.45) is 11.3 Å². The van der Waals surface area contributed by atoms with Gasteiger partial charge in [0, 0.05) is 11.5 Å². The second kappa shape index (κ2) is 6.23. The van der Waals surface area contributed by atoms with Crippen LogP contribution in [-0.2, 0) is 4.79 Å². The van der Waals surface area contributed by atoms with Crippen LogP contribution in [0.3, 0.4) is 0 Å². The number of amides is 1. The molecule has 5 N–H and O–H groups in total. The third kappa shape index (κ3) is 4.80. The topological polar surface area (TPSA) is 95.6 Å². The van der Waals surface area contributed by atoms with Crippen LogP contribution in [-0.4, -0.2) is 40.3 Å². The lowest BCUT2D eigenvalue weighted by Gasteiger charge is -2.22. The van der Waals surface area contributed by atoms with Gasteiger partial charge in [-0.15, -0.1) is 0 Å². The van der Waals surface area contributed by atoms with Gasteiger partial charge in [0.2, 0.25) is 5.91 Å². The van der Waals surface area contributed by atoms with Crippen LogP contribution in [0.1, 0.15) is 13.8 Å². The van der Waals surface area contributed by atoms with Gasteiger partial charge in [-0.05, 0) is 0 Å². The predicted octanol–water partition coefficient (Wildman–Crippen LogP) is -0.911. The fraction of sp³-hybridized carbons (Fsp3) is 0.875. The zero-order valence-corrected chi connectivity index (χ0v) is 9.30. The third-order valence-electron chi connectivity index (χ3n) is 1.73. The Kier molecular flexibility index (Phi) is 6.10. The fourth-order valence-corrected chi connectivity index (χ4v) is 1.90. The van der Waals surface area contributed by atoms with Crippen LogP contribution in [0.2, 0.25) is 0 Å². The molecule has 0 aliphatic heterocycles. The van der Waals surface area contributed by atoms with Gasteiger partial charge in [-0.1, -0.05) is 13.8 Å². The van der Waals surface area contributed by atoms with Crippen LogP contribution in [0.25, 0.3) is 0 Å². The summed E-state index contributed by atoms with van der Waals surface area (Å²) in [5.74, 6) is 5.75. The van der Waals surface area contributed by atoms with Crippen LogP contribution < -0.4 is 11.3 Å². The van der Waals surface area contributed by atoms with Crippen LogP contribution in [0.5, 0.6) is 0 Å². The SMILES string of the molecule is CC(C)(CSCC(O)CO)C(=O)NN. The van der Waals surface area contributed by atoms with E-state index in [1.54, 1.807) is 13.8 Å². The third-order valence-corrected chi connectivity index (χ3v) is 3.28. The number of hydrazine groups is 1. The van der Waals surface area contributed by atoms with E-state index in [2.05, 4.69) is 5.43 Å². The molecule has 84 valence electrons. The number of carbonyl (C=O) groups excluding carboxylic acids is 1. The van der Waals surface area contributed by atoms with Gasteiger partial charge in [-0.3, -0.25) is 10.2 Å². The molecule has 0 aromatic heterocycles. The van der Waals surface area contributed by atoms with Crippen molar-refractivity contribution in [3.8, 4) is 0 Å². The minimum absolute atomic E-state index is 0.233. The van der Waals surface area contributed by atoms with E-state index in [9.17, 15) is 4.79 Å². The molecular weight excluding hydrogens is 204 g/mol. The molecule has 0 spiro atoms. The van der Waals surface area contributed by atoms with Gasteiger partial charge in [-0.2, -0.15) is 11.8 Å². The maximum Gasteiger partial charge on any atom is 0.240 e. The number of aliphatic hydroxyl groups is 2. The van der Waals surface area contributed by atoms with Crippen molar-refractivity contribution in [2.45, 2.75) is 20.0 Å². The molecule has 0 fully saturated rings. The van der Waals surface area contributed by atoms with Crippen molar-refractivity contribution in [1.82, 2.24) is 5.43 Å². The van der Waals surface area contributed by atoms with E-state index in [0.717, 1.165) is 0 Å². The Labute approximate surface area is 88.0 Å². The monoisotopic (exact) mass is 222 g/mol. The normalized spacial score (nSPS) is 13.8. The molecule has 0 saturated carbocycles. The molecule has 1 unspecified atom stereocenters. The molecule has 14 heavy (non-hydrogen) atoms. The zero-order valence-electron chi connectivity index (χ0n) is 8.49. The number of aliphatic hydroxyl groups excluding tert-OH is 2.